The Balaban J connectivity index is 2.00. The van der Waals surface area contributed by atoms with Crippen molar-refractivity contribution in [2.45, 2.75) is 55.6 Å². The van der Waals surface area contributed by atoms with Crippen LogP contribution < -0.4 is 0 Å². The molecule has 12 heavy (non-hydrogen) atoms. The zero-order valence-electron chi connectivity index (χ0n) is 7.59. The van der Waals surface area contributed by atoms with Crippen molar-refractivity contribution in [1.82, 2.24) is 0 Å². The van der Waals surface area contributed by atoms with Crippen LogP contribution in [0.1, 0.15) is 44.9 Å². The third kappa shape index (κ3) is 7.01. The Morgan fingerprint density at radius 1 is 0.500 bits per heavy atom. The predicted octanol–water partition coefficient (Wildman–Crippen LogP) is 2.51. The summed E-state index contributed by atoms with van der Waals surface area (Å²) in [6, 6.07) is 0. The average Bonchev–Trinajstić information content (AvgIpc) is 2.05. The molecule has 3 heteroatoms. The Bertz CT molecular complexity index is 52.8. The van der Waals surface area contributed by atoms with Crippen molar-refractivity contribution in [3.05, 3.63) is 0 Å². The summed E-state index contributed by atoms with van der Waals surface area (Å²) >= 11 is 3.30. The summed E-state index contributed by atoms with van der Waals surface area (Å²) in [5.74, 6) is 0. The van der Waals surface area contributed by atoms with E-state index < -0.39 is 0 Å². The Kier molecular flexibility index (Phi) is 8.85. The Labute approximate surface area is 92.6 Å². The molecule has 0 aromatic heterocycles. The quantitative estimate of drug-likeness (QED) is 0.581. The van der Waals surface area contributed by atoms with Crippen LogP contribution in [0.2, 0.25) is 10.6 Å². The van der Waals surface area contributed by atoms with Gasteiger partial charge in [0.2, 0.25) is 0 Å². The molecule has 72 valence electrons. The van der Waals surface area contributed by atoms with Crippen LogP contribution in [0.4, 0.5) is 0 Å². The van der Waals surface area contributed by atoms with E-state index in [9.17, 15) is 0 Å². The molecule has 0 aromatic rings. The summed E-state index contributed by atoms with van der Waals surface area (Å²) in [5, 5.41) is 3.21. The van der Waals surface area contributed by atoms with Crippen molar-refractivity contribution in [2.24, 2.45) is 0 Å². The molecule has 0 aromatic carbocycles. The summed E-state index contributed by atoms with van der Waals surface area (Å²) in [7, 11) is 0. The first-order valence-corrected chi connectivity index (χ1v) is 16.0. The maximum atomic E-state index is 1.61. The van der Waals surface area contributed by atoms with Crippen LogP contribution >= 0.6 is 0 Å². The summed E-state index contributed by atoms with van der Waals surface area (Å²) in [5.41, 5.74) is 0. The van der Waals surface area contributed by atoms with Crippen LogP contribution in [0.5, 0.6) is 0 Å². The molecule has 0 N–H and O–H groups in total. The van der Waals surface area contributed by atoms with E-state index in [1.165, 1.54) is 32.1 Å². The van der Waals surface area contributed by atoms with E-state index in [0.717, 1.165) is 37.6 Å². The van der Waals surface area contributed by atoms with Gasteiger partial charge in [0.15, 0.2) is 0 Å². The number of hydrogen-bond acceptors (Lipinski definition) is 0. The molecule has 1 rings (SSSR count). The third-order valence-electron chi connectivity index (χ3n) is 2.05. The number of rotatable bonds is 0. The normalized spacial score (nSPS) is 24.0. The third-order valence-corrected chi connectivity index (χ3v) is 21.0. The Morgan fingerprint density at radius 3 is 1.42 bits per heavy atom. The van der Waals surface area contributed by atoms with Gasteiger partial charge in [-0.25, -0.2) is 0 Å². The second-order valence-corrected chi connectivity index (χ2v) is 20.5. The first-order valence-electron chi connectivity index (χ1n) is 4.91. The van der Waals surface area contributed by atoms with Crippen LogP contribution in [0.3, 0.4) is 0 Å². The van der Waals surface area contributed by atoms with Gasteiger partial charge >= 0.3 is 93.2 Å². The minimum absolute atomic E-state index is 1.09. The van der Waals surface area contributed by atoms with Crippen molar-refractivity contribution in [3.63, 3.8) is 0 Å². The molecule has 0 saturated carbocycles. The first kappa shape index (κ1) is 11.6. The molecule has 0 nitrogen and oxygen atoms in total. The molecule has 0 spiro atoms. The fraction of sp³-hybridized carbons (Fsp3) is 1.00. The topological polar surface area (TPSA) is 0 Å². The zero-order chi connectivity index (χ0) is 8.49. The van der Waals surface area contributed by atoms with Gasteiger partial charge in [0.25, 0.3) is 0 Å². The van der Waals surface area contributed by atoms with Crippen molar-refractivity contribution in [2.75, 3.05) is 0 Å². The maximum absolute atomic E-state index is 1.61. The molecule has 1 heterocycles. The summed E-state index contributed by atoms with van der Waals surface area (Å²) in [6.45, 7) is 0. The fourth-order valence-electron chi connectivity index (χ4n) is 1.31. The number of hydrogen-bond donors (Lipinski definition) is 0. The summed E-state index contributed by atoms with van der Waals surface area (Å²) in [4.78, 5) is 0. The van der Waals surface area contributed by atoms with Gasteiger partial charge in [-0.3, -0.25) is 0 Å². The molecule has 1 fully saturated rings. The van der Waals surface area contributed by atoms with E-state index in [0.29, 0.717) is 0 Å². The second-order valence-electron chi connectivity index (χ2n) is 3.19. The fourth-order valence-corrected chi connectivity index (χ4v) is 19.4. The molecule has 0 amide bonds. The van der Waals surface area contributed by atoms with Gasteiger partial charge in [-0.2, -0.15) is 0 Å². The van der Waals surface area contributed by atoms with Gasteiger partial charge < -0.3 is 0 Å². The van der Waals surface area contributed by atoms with E-state index in [1.807, 2.05) is 0 Å². The minimum atomic E-state index is 1.09. The molecule has 0 radical (unpaired) electrons. The van der Waals surface area contributed by atoms with Gasteiger partial charge in [0, 0.05) is 0 Å². The van der Waals surface area contributed by atoms with Gasteiger partial charge in [-0.1, -0.05) is 0 Å². The molecule has 1 aliphatic heterocycles. The SMILES string of the molecule is C1CCCC[Se][Se][Se]CCCC1. The van der Waals surface area contributed by atoms with Gasteiger partial charge in [-0.15, -0.1) is 0 Å². The average molecular weight is 363 g/mol. The van der Waals surface area contributed by atoms with E-state index in [4.69, 9.17) is 0 Å². The van der Waals surface area contributed by atoms with Gasteiger partial charge in [0.05, 0.1) is 0 Å². The molecule has 1 aliphatic rings. The molecule has 0 unspecified atom stereocenters. The van der Waals surface area contributed by atoms with Crippen LogP contribution in [-0.4, -0.2) is 37.6 Å². The van der Waals surface area contributed by atoms with Crippen LogP contribution in [0, 0.1) is 0 Å². The summed E-state index contributed by atoms with van der Waals surface area (Å²) in [6.07, 6.45) is 10.7. The van der Waals surface area contributed by atoms with Crippen LogP contribution in [-0.2, 0) is 0 Å². The molecule has 0 atom stereocenters. The molecule has 0 aliphatic carbocycles. The zero-order valence-corrected chi connectivity index (χ0v) is 12.7. The molecular weight excluding hydrogens is 345 g/mol. The monoisotopic (exact) mass is 366 g/mol. The second kappa shape index (κ2) is 9.13. The van der Waals surface area contributed by atoms with Crippen LogP contribution in [0.25, 0.3) is 0 Å². The Hall–Kier alpha value is 1.56. The van der Waals surface area contributed by atoms with Crippen molar-refractivity contribution in [1.29, 1.82) is 0 Å². The van der Waals surface area contributed by atoms with Crippen molar-refractivity contribution >= 4 is 37.6 Å². The van der Waals surface area contributed by atoms with Crippen molar-refractivity contribution in [3.8, 4) is 0 Å². The summed E-state index contributed by atoms with van der Waals surface area (Å²) < 4.78 is 0. The first-order chi connectivity index (χ1) is 6.00. The van der Waals surface area contributed by atoms with Crippen molar-refractivity contribution < 1.29 is 0 Å². The predicted molar refractivity (Wildman–Crippen MR) is 59.2 cm³/mol. The Morgan fingerprint density at radius 2 is 0.917 bits per heavy atom. The van der Waals surface area contributed by atoms with E-state index in [2.05, 4.69) is 0 Å². The van der Waals surface area contributed by atoms with Gasteiger partial charge in [-0.05, 0) is 0 Å². The van der Waals surface area contributed by atoms with Gasteiger partial charge in [0.1, 0.15) is 0 Å². The standard InChI is InChI=1S/C9H18Se3/c1-2-4-6-8-10-12-11-9-7-5-3-1/h1-9H2. The molecular formula is C9H18Se3. The molecule has 1 saturated heterocycles. The van der Waals surface area contributed by atoms with Crippen LogP contribution in [0.15, 0.2) is 0 Å². The van der Waals surface area contributed by atoms with E-state index in [1.54, 1.807) is 23.5 Å². The van der Waals surface area contributed by atoms with E-state index >= 15 is 0 Å². The van der Waals surface area contributed by atoms with E-state index in [-0.39, 0.29) is 0 Å². The molecule has 0 bridgehead atoms.